The fraction of sp³-hybridized carbons (Fsp3) is 0.538. The van der Waals surface area contributed by atoms with Crippen LogP contribution >= 0.6 is 0 Å². The summed E-state index contributed by atoms with van der Waals surface area (Å²) in [5.74, 6) is -2.14. The van der Waals surface area contributed by atoms with Crippen LogP contribution in [-0.2, 0) is 9.53 Å². The number of nitrogens with zero attached hydrogens (tertiary/aromatic N) is 1. The molecule has 1 amide bonds. The first-order valence-corrected chi connectivity index (χ1v) is 6.73. The zero-order valence-corrected chi connectivity index (χ0v) is 11.5. The molecule has 1 saturated carbocycles. The van der Waals surface area contributed by atoms with Crippen molar-refractivity contribution in [3.63, 3.8) is 0 Å². The Hall–Kier alpha value is -2.38. The van der Waals surface area contributed by atoms with Gasteiger partial charge in [-0.3, -0.25) is 14.9 Å². The summed E-state index contributed by atoms with van der Waals surface area (Å²) in [6.07, 6.45) is 3.03. The van der Waals surface area contributed by atoms with Crippen LogP contribution < -0.4 is 5.32 Å². The van der Waals surface area contributed by atoms with Gasteiger partial charge in [0.1, 0.15) is 4.92 Å². The highest BCUT2D eigenvalue weighted by atomic mass is 16.7. The number of ether oxygens (including phenoxy) is 1. The molecule has 0 radical (unpaired) electrons. The van der Waals surface area contributed by atoms with E-state index in [1.165, 1.54) is 6.92 Å². The van der Waals surface area contributed by atoms with E-state index in [4.69, 9.17) is 9.15 Å². The van der Waals surface area contributed by atoms with Crippen LogP contribution in [0, 0.1) is 10.1 Å². The van der Waals surface area contributed by atoms with E-state index in [-0.39, 0.29) is 17.7 Å². The summed E-state index contributed by atoms with van der Waals surface area (Å²) in [5, 5.41) is 13.3. The molecule has 0 aliphatic heterocycles. The van der Waals surface area contributed by atoms with E-state index in [0.29, 0.717) is 0 Å². The quantitative estimate of drug-likeness (QED) is 0.503. The number of carbonyl (C=O) groups excluding carboxylic acids is 2. The van der Waals surface area contributed by atoms with Crippen molar-refractivity contribution in [2.75, 3.05) is 0 Å². The maximum absolute atomic E-state index is 11.9. The Bertz CT molecular complexity index is 547. The molecule has 1 atom stereocenters. The Morgan fingerprint density at radius 2 is 2.10 bits per heavy atom. The van der Waals surface area contributed by atoms with Crippen molar-refractivity contribution in [2.24, 2.45) is 0 Å². The SMILES string of the molecule is C[C@H](OC(=O)c1ccc([N+](=O)[O-])o1)C(=O)NC1CCCC1. The minimum Gasteiger partial charge on any atom is -0.447 e. The summed E-state index contributed by atoms with van der Waals surface area (Å²) >= 11 is 0. The molecule has 1 aromatic heterocycles. The molecule has 8 heteroatoms. The second-order valence-electron chi connectivity index (χ2n) is 4.93. The maximum atomic E-state index is 11.9. The molecule has 1 aromatic rings. The van der Waals surface area contributed by atoms with Crippen LogP contribution in [0.15, 0.2) is 16.5 Å². The highest BCUT2D eigenvalue weighted by Crippen LogP contribution is 2.19. The minimum atomic E-state index is -0.984. The molecule has 1 fully saturated rings. The zero-order chi connectivity index (χ0) is 15.4. The molecule has 21 heavy (non-hydrogen) atoms. The molecule has 0 aromatic carbocycles. The molecule has 2 rings (SSSR count). The molecule has 1 aliphatic carbocycles. The second kappa shape index (κ2) is 6.38. The summed E-state index contributed by atoms with van der Waals surface area (Å²) in [4.78, 5) is 33.3. The van der Waals surface area contributed by atoms with Crippen LogP contribution in [0.25, 0.3) is 0 Å². The number of furan rings is 1. The first-order valence-electron chi connectivity index (χ1n) is 6.73. The third-order valence-corrected chi connectivity index (χ3v) is 3.33. The van der Waals surface area contributed by atoms with Gasteiger partial charge in [-0.15, -0.1) is 0 Å². The third-order valence-electron chi connectivity index (χ3n) is 3.33. The van der Waals surface area contributed by atoms with Gasteiger partial charge in [-0.2, -0.15) is 0 Å². The van der Waals surface area contributed by atoms with E-state index in [9.17, 15) is 19.7 Å². The Labute approximate surface area is 120 Å². The van der Waals surface area contributed by atoms with Gasteiger partial charge >= 0.3 is 11.9 Å². The van der Waals surface area contributed by atoms with Gasteiger partial charge in [-0.1, -0.05) is 12.8 Å². The van der Waals surface area contributed by atoms with Crippen molar-refractivity contribution in [1.29, 1.82) is 0 Å². The molecule has 8 nitrogen and oxygen atoms in total. The fourth-order valence-corrected chi connectivity index (χ4v) is 2.20. The lowest BCUT2D eigenvalue weighted by Gasteiger charge is -2.16. The summed E-state index contributed by atoms with van der Waals surface area (Å²) in [6.45, 7) is 1.44. The van der Waals surface area contributed by atoms with Gasteiger partial charge in [0.25, 0.3) is 5.91 Å². The van der Waals surface area contributed by atoms with E-state index >= 15 is 0 Å². The molecular weight excluding hydrogens is 280 g/mol. The monoisotopic (exact) mass is 296 g/mol. The van der Waals surface area contributed by atoms with Crippen molar-refractivity contribution >= 4 is 17.8 Å². The number of hydrogen-bond donors (Lipinski definition) is 1. The largest absolute Gasteiger partial charge is 0.447 e. The van der Waals surface area contributed by atoms with Crippen molar-refractivity contribution in [3.05, 3.63) is 28.0 Å². The van der Waals surface area contributed by atoms with Crippen LogP contribution in [0.2, 0.25) is 0 Å². The smallest absolute Gasteiger partial charge is 0.433 e. The number of nitrogens with one attached hydrogen (secondary N) is 1. The van der Waals surface area contributed by atoms with Gasteiger partial charge < -0.3 is 14.5 Å². The van der Waals surface area contributed by atoms with E-state index in [1.54, 1.807) is 0 Å². The first kappa shape index (κ1) is 15.0. The number of amides is 1. The van der Waals surface area contributed by atoms with Crippen molar-refractivity contribution in [1.82, 2.24) is 5.32 Å². The van der Waals surface area contributed by atoms with Crippen LogP contribution in [-0.4, -0.2) is 28.9 Å². The highest BCUT2D eigenvalue weighted by molar-refractivity contribution is 5.90. The Balaban J connectivity index is 1.88. The molecular formula is C13H16N2O6. The van der Waals surface area contributed by atoms with Gasteiger partial charge in [0, 0.05) is 6.04 Å². The van der Waals surface area contributed by atoms with Gasteiger partial charge in [0.05, 0.1) is 6.07 Å². The normalized spacial score (nSPS) is 16.4. The average Bonchev–Trinajstić information content (AvgIpc) is 3.09. The number of hydrogen-bond acceptors (Lipinski definition) is 6. The number of esters is 1. The third kappa shape index (κ3) is 3.80. The standard InChI is InChI=1S/C13H16N2O6/c1-8(12(16)14-9-4-2-3-5-9)20-13(17)10-6-7-11(21-10)15(18)19/h6-9H,2-5H2,1H3,(H,14,16)/t8-/m0/s1. The van der Waals surface area contributed by atoms with E-state index < -0.39 is 22.9 Å². The lowest BCUT2D eigenvalue weighted by molar-refractivity contribution is -0.402. The average molecular weight is 296 g/mol. The highest BCUT2D eigenvalue weighted by Gasteiger charge is 2.25. The van der Waals surface area contributed by atoms with Crippen molar-refractivity contribution in [3.8, 4) is 0 Å². The van der Waals surface area contributed by atoms with Gasteiger partial charge in [0.15, 0.2) is 6.10 Å². The summed E-state index contributed by atoms with van der Waals surface area (Å²) in [7, 11) is 0. The van der Waals surface area contributed by atoms with E-state index in [1.807, 2.05) is 0 Å². The summed E-state index contributed by atoms with van der Waals surface area (Å²) in [6, 6.07) is 2.32. The van der Waals surface area contributed by atoms with E-state index in [0.717, 1.165) is 37.8 Å². The summed E-state index contributed by atoms with van der Waals surface area (Å²) in [5.41, 5.74) is 0. The summed E-state index contributed by atoms with van der Waals surface area (Å²) < 4.78 is 9.65. The number of nitro groups is 1. The minimum absolute atomic E-state index is 0.128. The molecule has 1 aliphatic rings. The predicted molar refractivity (Wildman–Crippen MR) is 70.6 cm³/mol. The van der Waals surface area contributed by atoms with Gasteiger partial charge in [-0.05, 0) is 25.8 Å². The second-order valence-corrected chi connectivity index (χ2v) is 4.93. The topological polar surface area (TPSA) is 112 Å². The number of carbonyl (C=O) groups is 2. The maximum Gasteiger partial charge on any atom is 0.433 e. The van der Waals surface area contributed by atoms with Crippen molar-refractivity contribution in [2.45, 2.75) is 44.8 Å². The Morgan fingerprint density at radius 1 is 1.43 bits per heavy atom. The molecule has 0 bridgehead atoms. The first-order chi connectivity index (χ1) is 9.97. The molecule has 0 saturated heterocycles. The molecule has 0 unspecified atom stereocenters. The van der Waals surface area contributed by atoms with Crippen LogP contribution in [0.3, 0.4) is 0 Å². The predicted octanol–water partition coefficient (Wildman–Crippen LogP) is 1.79. The van der Waals surface area contributed by atoms with Gasteiger partial charge in [-0.25, -0.2) is 4.79 Å². The molecule has 114 valence electrons. The van der Waals surface area contributed by atoms with E-state index in [2.05, 4.69) is 5.32 Å². The lowest BCUT2D eigenvalue weighted by Crippen LogP contribution is -2.40. The molecule has 1 heterocycles. The molecule has 1 N–H and O–H groups in total. The lowest BCUT2D eigenvalue weighted by atomic mass is 10.2. The Kier molecular flexibility index (Phi) is 4.56. The van der Waals surface area contributed by atoms with Crippen LogP contribution in [0.5, 0.6) is 0 Å². The van der Waals surface area contributed by atoms with Crippen LogP contribution in [0.4, 0.5) is 5.88 Å². The number of rotatable bonds is 5. The zero-order valence-electron chi connectivity index (χ0n) is 11.5. The molecule has 0 spiro atoms. The fourth-order valence-electron chi connectivity index (χ4n) is 2.20. The van der Waals surface area contributed by atoms with Crippen LogP contribution in [0.1, 0.15) is 43.2 Å². The Morgan fingerprint density at radius 3 is 2.67 bits per heavy atom. The van der Waals surface area contributed by atoms with Crippen molar-refractivity contribution < 1.29 is 23.7 Å². The van der Waals surface area contributed by atoms with Gasteiger partial charge in [0.2, 0.25) is 5.76 Å².